The molecule has 0 unspecified atom stereocenters. The zero-order valence-corrected chi connectivity index (χ0v) is 13.9. The highest BCUT2D eigenvalue weighted by Gasteiger charge is 2.22. The van der Waals surface area contributed by atoms with Crippen molar-refractivity contribution in [1.29, 1.82) is 0 Å². The second kappa shape index (κ2) is 5.99. The van der Waals surface area contributed by atoms with Crippen molar-refractivity contribution in [2.45, 2.75) is 18.4 Å². The summed E-state index contributed by atoms with van der Waals surface area (Å²) in [5.41, 5.74) is -0.392. The van der Waals surface area contributed by atoms with Crippen molar-refractivity contribution in [3.63, 3.8) is 0 Å². The lowest BCUT2D eigenvalue weighted by Crippen LogP contribution is -2.14. The van der Waals surface area contributed by atoms with Gasteiger partial charge in [-0.25, -0.2) is 17.2 Å². The van der Waals surface area contributed by atoms with E-state index >= 15 is 0 Å². The Bertz CT molecular complexity index is 790. The Kier molecular flexibility index (Phi) is 4.66. The summed E-state index contributed by atoms with van der Waals surface area (Å²) in [5.74, 6) is -1.58. The van der Waals surface area contributed by atoms with Crippen molar-refractivity contribution in [2.24, 2.45) is 0 Å². The van der Waals surface area contributed by atoms with Gasteiger partial charge in [-0.2, -0.15) is 0 Å². The number of nitrogens with one attached hydrogen (secondary N) is 1. The Morgan fingerprint density at radius 3 is 2.52 bits per heavy atom. The van der Waals surface area contributed by atoms with Crippen molar-refractivity contribution in [1.82, 2.24) is 0 Å². The maximum atomic E-state index is 13.7. The van der Waals surface area contributed by atoms with Crippen molar-refractivity contribution >= 4 is 43.0 Å². The van der Waals surface area contributed by atoms with Crippen LogP contribution in [-0.4, -0.2) is 13.5 Å². The first-order valence-corrected chi connectivity index (χ1v) is 8.71. The number of aliphatic hydroxyl groups is 1. The van der Waals surface area contributed by atoms with E-state index in [1.165, 1.54) is 13.0 Å². The monoisotopic (exact) mass is 397 g/mol. The molecule has 4 nitrogen and oxygen atoms in total. The Labute approximate surface area is 132 Å². The van der Waals surface area contributed by atoms with Crippen molar-refractivity contribution < 1.29 is 22.3 Å². The van der Waals surface area contributed by atoms with Crippen LogP contribution in [0, 0.1) is 18.6 Å². The third-order valence-corrected chi connectivity index (χ3v) is 6.25. The number of aliphatic hydroxyl groups excluding tert-OH is 1. The number of benzene rings is 1. The highest BCUT2D eigenvalue weighted by molar-refractivity contribution is 9.11. The predicted octanol–water partition coefficient (Wildman–Crippen LogP) is 3.39. The van der Waals surface area contributed by atoms with Crippen LogP contribution in [0.25, 0.3) is 0 Å². The van der Waals surface area contributed by atoms with E-state index in [1.54, 1.807) is 0 Å². The number of rotatable bonds is 4. The van der Waals surface area contributed by atoms with Gasteiger partial charge in [0.05, 0.1) is 16.1 Å². The molecule has 0 aliphatic heterocycles. The van der Waals surface area contributed by atoms with E-state index in [9.17, 15) is 17.2 Å². The zero-order chi connectivity index (χ0) is 15.8. The third kappa shape index (κ3) is 3.42. The first-order chi connectivity index (χ1) is 9.74. The van der Waals surface area contributed by atoms with E-state index in [2.05, 4.69) is 15.9 Å². The first-order valence-electron chi connectivity index (χ1n) is 5.62. The molecule has 0 spiro atoms. The molecule has 2 N–H and O–H groups in total. The molecule has 1 heterocycles. The van der Waals surface area contributed by atoms with Crippen LogP contribution < -0.4 is 4.72 Å². The Morgan fingerprint density at radius 1 is 1.29 bits per heavy atom. The van der Waals surface area contributed by atoms with Gasteiger partial charge in [0, 0.05) is 10.9 Å². The van der Waals surface area contributed by atoms with Gasteiger partial charge in [-0.3, -0.25) is 4.72 Å². The van der Waals surface area contributed by atoms with Gasteiger partial charge in [-0.1, -0.05) is 0 Å². The van der Waals surface area contributed by atoms with Gasteiger partial charge in [-0.05, 0) is 40.5 Å². The first kappa shape index (κ1) is 16.3. The summed E-state index contributed by atoms with van der Waals surface area (Å²) in [4.78, 5) is 0.287. The molecule has 0 aliphatic rings. The van der Waals surface area contributed by atoms with E-state index in [0.717, 1.165) is 23.5 Å². The Hall–Kier alpha value is -1.03. The summed E-state index contributed by atoms with van der Waals surface area (Å²) in [6.07, 6.45) is 0. The molecule has 21 heavy (non-hydrogen) atoms. The fourth-order valence-corrected chi connectivity index (χ4v) is 5.19. The lowest BCUT2D eigenvalue weighted by molar-refractivity contribution is 0.285. The smallest absolute Gasteiger partial charge is 0.263 e. The maximum absolute atomic E-state index is 13.7. The average Bonchev–Trinajstić information content (AvgIpc) is 2.78. The van der Waals surface area contributed by atoms with Crippen LogP contribution in [-0.2, 0) is 16.6 Å². The number of hydrogen-bond acceptors (Lipinski definition) is 4. The molecular formula is C12H10BrF2NO3S2. The largest absolute Gasteiger partial charge is 0.391 e. The van der Waals surface area contributed by atoms with Crippen LogP contribution in [0.2, 0.25) is 0 Å². The van der Waals surface area contributed by atoms with Crippen molar-refractivity contribution in [3.8, 4) is 0 Å². The molecule has 1 aromatic carbocycles. The number of sulfonamides is 1. The molecule has 2 aromatic rings. The minimum Gasteiger partial charge on any atom is -0.391 e. The van der Waals surface area contributed by atoms with Crippen LogP contribution in [0.1, 0.15) is 10.4 Å². The molecule has 0 radical (unpaired) electrons. The lowest BCUT2D eigenvalue weighted by atomic mass is 10.2. The van der Waals surface area contributed by atoms with Gasteiger partial charge in [-0.15, -0.1) is 11.3 Å². The van der Waals surface area contributed by atoms with E-state index in [0.29, 0.717) is 4.88 Å². The van der Waals surface area contributed by atoms with Crippen molar-refractivity contribution in [2.75, 3.05) is 4.72 Å². The van der Waals surface area contributed by atoms with Crippen LogP contribution >= 0.6 is 27.3 Å². The Morgan fingerprint density at radius 2 is 1.95 bits per heavy atom. The Balaban J connectivity index is 2.42. The quantitative estimate of drug-likeness (QED) is 0.830. The standard InChI is InChI=1S/C12H10BrF2NO3S2/c1-6-2-9(15)10(4-8(6)14)16-21(18,19)11-3-7(5-17)20-12(11)13/h2-4,16-17H,5H2,1H3. The predicted molar refractivity (Wildman–Crippen MR) is 79.8 cm³/mol. The summed E-state index contributed by atoms with van der Waals surface area (Å²) >= 11 is 4.11. The number of halogens is 3. The molecule has 0 aliphatic carbocycles. The molecule has 9 heteroatoms. The van der Waals surface area contributed by atoms with E-state index in [1.807, 2.05) is 4.72 Å². The molecular weight excluding hydrogens is 388 g/mol. The van der Waals surface area contributed by atoms with Crippen LogP contribution in [0.5, 0.6) is 0 Å². The zero-order valence-electron chi connectivity index (χ0n) is 10.7. The fourth-order valence-electron chi connectivity index (χ4n) is 1.58. The van der Waals surface area contributed by atoms with Gasteiger partial charge >= 0.3 is 0 Å². The highest BCUT2D eigenvalue weighted by atomic mass is 79.9. The number of aryl methyl sites for hydroxylation is 1. The summed E-state index contributed by atoms with van der Waals surface area (Å²) in [6.45, 7) is 1.06. The SMILES string of the molecule is Cc1cc(F)c(NS(=O)(=O)c2cc(CO)sc2Br)cc1F. The van der Waals surface area contributed by atoms with E-state index in [4.69, 9.17) is 5.11 Å². The molecule has 0 amide bonds. The second-order valence-corrected chi connectivity index (χ2v) is 8.30. The van der Waals surface area contributed by atoms with Gasteiger partial charge in [0.25, 0.3) is 10.0 Å². The molecule has 0 atom stereocenters. The minimum absolute atomic E-state index is 0.0785. The molecule has 0 saturated carbocycles. The molecule has 114 valence electrons. The molecule has 0 saturated heterocycles. The van der Waals surface area contributed by atoms with Gasteiger partial charge < -0.3 is 5.11 Å². The minimum atomic E-state index is -4.09. The molecule has 2 rings (SSSR count). The summed E-state index contributed by atoms with van der Waals surface area (Å²) in [6, 6.07) is 2.96. The summed E-state index contributed by atoms with van der Waals surface area (Å²) < 4.78 is 53.8. The van der Waals surface area contributed by atoms with Crippen LogP contribution in [0.15, 0.2) is 26.9 Å². The molecule has 0 bridgehead atoms. The van der Waals surface area contributed by atoms with Crippen LogP contribution in [0.3, 0.4) is 0 Å². The van der Waals surface area contributed by atoms with Crippen LogP contribution in [0.4, 0.5) is 14.5 Å². The number of anilines is 1. The normalized spacial score (nSPS) is 11.7. The maximum Gasteiger partial charge on any atom is 0.263 e. The van der Waals surface area contributed by atoms with E-state index in [-0.39, 0.29) is 20.9 Å². The van der Waals surface area contributed by atoms with E-state index < -0.39 is 27.3 Å². The highest BCUT2D eigenvalue weighted by Crippen LogP contribution is 2.33. The topological polar surface area (TPSA) is 66.4 Å². The molecule has 0 fully saturated rings. The lowest BCUT2D eigenvalue weighted by Gasteiger charge is -2.09. The van der Waals surface area contributed by atoms with Crippen molar-refractivity contribution in [3.05, 3.63) is 44.1 Å². The number of thiophene rings is 1. The number of hydrogen-bond donors (Lipinski definition) is 2. The third-order valence-electron chi connectivity index (χ3n) is 2.64. The molecule has 1 aromatic heterocycles. The van der Waals surface area contributed by atoms with Gasteiger partial charge in [0.15, 0.2) is 0 Å². The van der Waals surface area contributed by atoms with Gasteiger partial charge in [0.1, 0.15) is 16.5 Å². The summed E-state index contributed by atoms with van der Waals surface area (Å²) in [7, 11) is -4.09. The van der Waals surface area contributed by atoms with Gasteiger partial charge in [0.2, 0.25) is 0 Å². The summed E-state index contributed by atoms with van der Waals surface area (Å²) in [5, 5.41) is 9.01. The second-order valence-electron chi connectivity index (χ2n) is 4.20. The fraction of sp³-hybridized carbons (Fsp3) is 0.167. The average molecular weight is 398 g/mol.